The van der Waals surface area contributed by atoms with E-state index in [9.17, 15) is 0 Å². The summed E-state index contributed by atoms with van der Waals surface area (Å²) in [6, 6.07) is 3.50. The molecule has 0 bridgehead atoms. The quantitative estimate of drug-likeness (QED) is 0.653. The van der Waals surface area contributed by atoms with Crippen LogP contribution >= 0.6 is 0 Å². The van der Waals surface area contributed by atoms with Crippen molar-refractivity contribution in [2.45, 2.75) is 6.92 Å². The van der Waals surface area contributed by atoms with Gasteiger partial charge in [0, 0.05) is 25.0 Å². The molecule has 0 radical (unpaired) electrons. The van der Waals surface area contributed by atoms with E-state index in [1.54, 1.807) is 16.9 Å². The molecule has 0 N–H and O–H groups in total. The third-order valence-corrected chi connectivity index (χ3v) is 1.88. The number of nitrogens with zero attached hydrogens (tertiary/aromatic N) is 4. The molecule has 0 atom stereocenters. The second-order valence-electron chi connectivity index (χ2n) is 2.82. The second kappa shape index (κ2) is 2.97. The Balaban J connectivity index is 2.54. The van der Waals surface area contributed by atoms with Crippen molar-refractivity contribution in [2.24, 2.45) is 7.05 Å². The largest absolute Gasteiger partial charge is 0.264 e. The van der Waals surface area contributed by atoms with Gasteiger partial charge in [-0.25, -0.2) is 4.68 Å². The van der Waals surface area contributed by atoms with Crippen LogP contribution in [0.2, 0.25) is 0 Å². The van der Waals surface area contributed by atoms with Crippen molar-refractivity contribution in [1.82, 2.24) is 20.0 Å². The standard InChI is InChI=1S/C9H10N4/c1-7-9(13(2)12-11-7)8-4-3-5-10-6-8/h3-6H,1-2H3/i5D. The summed E-state index contributed by atoms with van der Waals surface area (Å²) >= 11 is 0. The first-order valence-corrected chi connectivity index (χ1v) is 3.98. The van der Waals surface area contributed by atoms with Crippen molar-refractivity contribution in [3.63, 3.8) is 0 Å². The van der Waals surface area contributed by atoms with E-state index in [1.165, 1.54) is 0 Å². The molecule has 0 aliphatic heterocycles. The molecular formula is C9H10N4. The van der Waals surface area contributed by atoms with Gasteiger partial charge in [-0.2, -0.15) is 0 Å². The van der Waals surface area contributed by atoms with E-state index < -0.39 is 0 Å². The lowest BCUT2D eigenvalue weighted by Crippen LogP contribution is -1.94. The molecule has 0 amide bonds. The van der Waals surface area contributed by atoms with Gasteiger partial charge in [0.2, 0.25) is 0 Å². The third-order valence-electron chi connectivity index (χ3n) is 1.88. The molecule has 0 saturated heterocycles. The number of pyridine rings is 1. The fourth-order valence-corrected chi connectivity index (χ4v) is 1.32. The van der Waals surface area contributed by atoms with Gasteiger partial charge < -0.3 is 0 Å². The van der Waals surface area contributed by atoms with Crippen LogP contribution in [0.1, 0.15) is 7.06 Å². The third kappa shape index (κ3) is 1.30. The zero-order chi connectivity index (χ0) is 10.1. The SMILES string of the molecule is [2H]c1ccc(-c2c(C)nnn2C)cn1. The topological polar surface area (TPSA) is 43.6 Å². The fourth-order valence-electron chi connectivity index (χ4n) is 1.32. The highest BCUT2D eigenvalue weighted by Gasteiger charge is 2.07. The van der Waals surface area contributed by atoms with Gasteiger partial charge >= 0.3 is 0 Å². The number of hydrogen-bond acceptors (Lipinski definition) is 3. The number of rotatable bonds is 1. The minimum Gasteiger partial charge on any atom is -0.264 e. The Bertz CT molecular complexity index is 427. The molecule has 2 heterocycles. The lowest BCUT2D eigenvalue weighted by Gasteiger charge is -2.00. The normalized spacial score (nSPS) is 11.4. The second-order valence-corrected chi connectivity index (χ2v) is 2.82. The van der Waals surface area contributed by atoms with Crippen molar-refractivity contribution in [3.8, 4) is 11.3 Å². The molecule has 4 nitrogen and oxygen atoms in total. The average Bonchev–Trinajstić information content (AvgIpc) is 2.49. The van der Waals surface area contributed by atoms with E-state index in [0.29, 0.717) is 0 Å². The van der Waals surface area contributed by atoms with Crippen LogP contribution in [0.5, 0.6) is 0 Å². The molecule has 0 spiro atoms. The molecule has 0 saturated carbocycles. The summed E-state index contributed by atoms with van der Waals surface area (Å²) in [6.45, 7) is 1.90. The van der Waals surface area contributed by atoms with Crippen LogP contribution in [0, 0.1) is 6.92 Å². The molecular weight excluding hydrogens is 164 g/mol. The van der Waals surface area contributed by atoms with Gasteiger partial charge in [-0.05, 0) is 19.1 Å². The van der Waals surface area contributed by atoms with E-state index in [4.69, 9.17) is 1.37 Å². The zero-order valence-electron chi connectivity index (χ0n) is 8.52. The van der Waals surface area contributed by atoms with Crippen molar-refractivity contribution >= 4 is 0 Å². The van der Waals surface area contributed by atoms with E-state index in [-0.39, 0.29) is 6.17 Å². The smallest absolute Gasteiger partial charge is 0.0926 e. The minimum absolute atomic E-state index is 0.265. The highest BCUT2D eigenvalue weighted by atomic mass is 15.4. The minimum atomic E-state index is 0.265. The van der Waals surface area contributed by atoms with Crippen LogP contribution in [-0.2, 0) is 7.05 Å². The molecule has 4 heteroatoms. The van der Waals surface area contributed by atoms with Gasteiger partial charge in [0.05, 0.1) is 12.8 Å². The Morgan fingerprint density at radius 1 is 1.54 bits per heavy atom. The first-order chi connectivity index (χ1) is 6.68. The van der Waals surface area contributed by atoms with Crippen LogP contribution in [-0.4, -0.2) is 20.0 Å². The van der Waals surface area contributed by atoms with Crippen LogP contribution < -0.4 is 0 Å². The maximum atomic E-state index is 7.28. The van der Waals surface area contributed by atoms with Crippen LogP contribution in [0.4, 0.5) is 0 Å². The summed E-state index contributed by atoms with van der Waals surface area (Å²) in [7, 11) is 1.84. The molecule has 2 rings (SSSR count). The zero-order valence-corrected chi connectivity index (χ0v) is 7.52. The Kier molecular flexibility index (Phi) is 1.55. The van der Waals surface area contributed by atoms with Crippen molar-refractivity contribution in [2.75, 3.05) is 0 Å². The predicted octanol–water partition coefficient (Wildman–Crippen LogP) is 1.19. The fraction of sp³-hybridized carbons (Fsp3) is 0.222. The first kappa shape index (κ1) is 6.77. The van der Waals surface area contributed by atoms with Crippen LogP contribution in [0.15, 0.2) is 24.5 Å². The Morgan fingerprint density at radius 3 is 2.92 bits per heavy atom. The van der Waals surface area contributed by atoms with Gasteiger partial charge in [0.1, 0.15) is 0 Å². The summed E-state index contributed by atoms with van der Waals surface area (Å²) in [4.78, 5) is 3.92. The van der Waals surface area contributed by atoms with E-state index >= 15 is 0 Å². The summed E-state index contributed by atoms with van der Waals surface area (Å²) < 4.78 is 8.98. The van der Waals surface area contributed by atoms with E-state index in [2.05, 4.69) is 15.3 Å². The summed E-state index contributed by atoms with van der Waals surface area (Å²) in [5, 5.41) is 7.86. The van der Waals surface area contributed by atoms with E-state index in [1.807, 2.05) is 20.0 Å². The van der Waals surface area contributed by atoms with Gasteiger partial charge in [-0.3, -0.25) is 4.98 Å². The molecule has 0 aliphatic carbocycles. The van der Waals surface area contributed by atoms with Crippen molar-refractivity contribution < 1.29 is 1.37 Å². The molecule has 0 unspecified atom stereocenters. The molecule has 13 heavy (non-hydrogen) atoms. The van der Waals surface area contributed by atoms with Gasteiger partial charge in [-0.1, -0.05) is 5.21 Å². The molecule has 0 aliphatic rings. The highest BCUT2D eigenvalue weighted by Crippen LogP contribution is 2.18. The molecule has 66 valence electrons. The predicted molar refractivity (Wildman–Crippen MR) is 49.0 cm³/mol. The van der Waals surface area contributed by atoms with Gasteiger partial charge in [0.25, 0.3) is 0 Å². The lowest BCUT2D eigenvalue weighted by molar-refractivity contribution is 0.719. The Labute approximate surface area is 77.6 Å². The number of hydrogen-bond donors (Lipinski definition) is 0. The monoisotopic (exact) mass is 175 g/mol. The summed E-state index contributed by atoms with van der Waals surface area (Å²) in [5.74, 6) is 0. The lowest BCUT2D eigenvalue weighted by atomic mass is 10.2. The molecule has 0 aromatic carbocycles. The highest BCUT2D eigenvalue weighted by molar-refractivity contribution is 5.59. The Morgan fingerprint density at radius 2 is 2.38 bits per heavy atom. The first-order valence-electron chi connectivity index (χ1n) is 4.48. The maximum absolute atomic E-state index is 7.28. The average molecular weight is 175 g/mol. The summed E-state index contributed by atoms with van der Waals surface area (Å²) in [5.41, 5.74) is 2.75. The molecule has 0 fully saturated rings. The van der Waals surface area contributed by atoms with E-state index in [0.717, 1.165) is 17.0 Å². The van der Waals surface area contributed by atoms with Crippen molar-refractivity contribution in [3.05, 3.63) is 30.2 Å². The molecule has 2 aromatic rings. The van der Waals surface area contributed by atoms with Gasteiger partial charge in [-0.15, -0.1) is 5.10 Å². The van der Waals surface area contributed by atoms with Gasteiger partial charge in [0.15, 0.2) is 0 Å². The van der Waals surface area contributed by atoms with Crippen LogP contribution in [0.25, 0.3) is 11.3 Å². The van der Waals surface area contributed by atoms with Crippen molar-refractivity contribution in [1.29, 1.82) is 0 Å². The summed E-state index contributed by atoms with van der Waals surface area (Å²) in [6.07, 6.45) is 1.93. The number of aromatic nitrogens is 4. The number of aryl methyl sites for hydroxylation is 2. The maximum Gasteiger partial charge on any atom is 0.0926 e. The van der Waals surface area contributed by atoms with Crippen LogP contribution in [0.3, 0.4) is 0 Å². The molecule has 2 aromatic heterocycles. The Hall–Kier alpha value is -1.71.